The second kappa shape index (κ2) is 4.15. The van der Waals surface area contributed by atoms with E-state index in [9.17, 15) is 0 Å². The number of hydrogen-bond donors (Lipinski definition) is 2. The van der Waals surface area contributed by atoms with Gasteiger partial charge in [-0.1, -0.05) is 5.21 Å². The summed E-state index contributed by atoms with van der Waals surface area (Å²) in [5.41, 5.74) is 0. The van der Waals surface area contributed by atoms with Gasteiger partial charge in [0.05, 0.1) is 6.07 Å². The maximum Gasteiger partial charge on any atom is 0.191 e. The van der Waals surface area contributed by atoms with Crippen molar-refractivity contribution in [3.63, 3.8) is 0 Å². The number of rotatable bonds is 2. The molecule has 0 amide bonds. The van der Waals surface area contributed by atoms with Crippen molar-refractivity contribution in [2.45, 2.75) is 18.8 Å². The van der Waals surface area contributed by atoms with Crippen molar-refractivity contribution >= 4 is 0 Å². The first-order valence-corrected chi connectivity index (χ1v) is 4.75. The van der Waals surface area contributed by atoms with Crippen LogP contribution in [-0.4, -0.2) is 33.7 Å². The first-order chi connectivity index (χ1) is 6.92. The van der Waals surface area contributed by atoms with Gasteiger partial charge in [-0.25, -0.2) is 0 Å². The molecule has 0 radical (unpaired) electrons. The van der Waals surface area contributed by atoms with E-state index in [2.05, 4.69) is 32.0 Å². The Hall–Kier alpha value is -1.48. The molecule has 1 aliphatic heterocycles. The molecule has 1 aromatic heterocycles. The van der Waals surface area contributed by atoms with E-state index >= 15 is 0 Å². The molecule has 6 nitrogen and oxygen atoms in total. The molecular weight excluding hydrogens is 180 g/mol. The SMILES string of the molecule is N#CC(c1nn[nH]n1)C1CCCNC1. The van der Waals surface area contributed by atoms with Crippen LogP contribution in [0.15, 0.2) is 0 Å². The van der Waals surface area contributed by atoms with Gasteiger partial charge in [0.2, 0.25) is 0 Å². The van der Waals surface area contributed by atoms with Crippen molar-refractivity contribution in [3.05, 3.63) is 5.82 Å². The number of nitrogens with one attached hydrogen (secondary N) is 2. The molecule has 2 rings (SSSR count). The lowest BCUT2D eigenvalue weighted by Gasteiger charge is -2.24. The van der Waals surface area contributed by atoms with Crippen LogP contribution in [0.5, 0.6) is 0 Å². The number of nitrogens with zero attached hydrogens (tertiary/aromatic N) is 4. The third-order valence-corrected chi connectivity index (χ3v) is 2.59. The number of aromatic nitrogens is 4. The number of piperidine rings is 1. The first-order valence-electron chi connectivity index (χ1n) is 4.75. The molecule has 0 bridgehead atoms. The van der Waals surface area contributed by atoms with Gasteiger partial charge in [-0.05, 0) is 31.8 Å². The van der Waals surface area contributed by atoms with Crippen molar-refractivity contribution in [1.82, 2.24) is 25.9 Å². The molecule has 1 saturated heterocycles. The molecule has 14 heavy (non-hydrogen) atoms. The topological polar surface area (TPSA) is 90.3 Å². The van der Waals surface area contributed by atoms with Gasteiger partial charge in [-0.3, -0.25) is 0 Å². The Balaban J connectivity index is 2.09. The molecule has 0 aliphatic carbocycles. The van der Waals surface area contributed by atoms with E-state index in [1.54, 1.807) is 0 Å². The fraction of sp³-hybridized carbons (Fsp3) is 0.750. The fourth-order valence-electron chi connectivity index (χ4n) is 1.84. The highest BCUT2D eigenvalue weighted by Crippen LogP contribution is 2.25. The average Bonchev–Trinajstić information content (AvgIpc) is 2.74. The van der Waals surface area contributed by atoms with Gasteiger partial charge in [0.15, 0.2) is 5.82 Å². The van der Waals surface area contributed by atoms with Gasteiger partial charge in [0, 0.05) is 0 Å². The molecule has 0 aromatic carbocycles. The molecule has 6 heteroatoms. The number of aromatic amines is 1. The molecule has 2 unspecified atom stereocenters. The fourth-order valence-corrected chi connectivity index (χ4v) is 1.84. The normalized spacial score (nSPS) is 24.1. The van der Waals surface area contributed by atoms with Crippen LogP contribution >= 0.6 is 0 Å². The van der Waals surface area contributed by atoms with E-state index in [4.69, 9.17) is 5.26 Å². The Labute approximate surface area is 81.7 Å². The molecule has 0 spiro atoms. The molecule has 74 valence electrons. The second-order valence-electron chi connectivity index (χ2n) is 3.48. The van der Waals surface area contributed by atoms with Crippen LogP contribution in [0.4, 0.5) is 0 Å². The minimum absolute atomic E-state index is 0.235. The number of nitriles is 1. The lowest BCUT2D eigenvalue weighted by Crippen LogP contribution is -2.33. The summed E-state index contributed by atoms with van der Waals surface area (Å²) in [4.78, 5) is 0. The maximum atomic E-state index is 9.05. The average molecular weight is 192 g/mol. The van der Waals surface area contributed by atoms with Crippen LogP contribution in [0.25, 0.3) is 0 Å². The Bertz CT molecular complexity index is 307. The van der Waals surface area contributed by atoms with Crippen LogP contribution in [-0.2, 0) is 0 Å². The van der Waals surface area contributed by atoms with Gasteiger partial charge in [-0.2, -0.15) is 10.5 Å². The van der Waals surface area contributed by atoms with Crippen LogP contribution in [0.3, 0.4) is 0 Å². The van der Waals surface area contributed by atoms with E-state index in [0.29, 0.717) is 11.7 Å². The van der Waals surface area contributed by atoms with Gasteiger partial charge in [-0.15, -0.1) is 10.2 Å². The van der Waals surface area contributed by atoms with Gasteiger partial charge in [0.25, 0.3) is 0 Å². The molecule has 1 fully saturated rings. The highest BCUT2D eigenvalue weighted by atomic mass is 15.5. The summed E-state index contributed by atoms with van der Waals surface area (Å²) in [6.07, 6.45) is 2.17. The molecule has 2 N–H and O–H groups in total. The van der Waals surface area contributed by atoms with Crippen molar-refractivity contribution in [1.29, 1.82) is 5.26 Å². The Morgan fingerprint density at radius 2 is 2.50 bits per heavy atom. The zero-order valence-electron chi connectivity index (χ0n) is 7.77. The van der Waals surface area contributed by atoms with Crippen molar-refractivity contribution in [3.8, 4) is 6.07 Å². The summed E-state index contributed by atoms with van der Waals surface area (Å²) in [5, 5.41) is 25.9. The Morgan fingerprint density at radius 1 is 1.57 bits per heavy atom. The molecule has 0 saturated carbocycles. The zero-order chi connectivity index (χ0) is 9.80. The Morgan fingerprint density at radius 3 is 3.07 bits per heavy atom. The molecular formula is C8H12N6. The van der Waals surface area contributed by atoms with E-state index in [-0.39, 0.29) is 5.92 Å². The van der Waals surface area contributed by atoms with Crippen LogP contribution in [0.1, 0.15) is 24.6 Å². The summed E-state index contributed by atoms with van der Waals surface area (Å²) in [5.74, 6) is 0.592. The Kier molecular flexibility index (Phi) is 2.70. The number of tetrazole rings is 1. The van der Waals surface area contributed by atoms with Crippen LogP contribution in [0, 0.1) is 17.2 Å². The van der Waals surface area contributed by atoms with E-state index < -0.39 is 0 Å². The lowest BCUT2D eigenvalue weighted by atomic mass is 9.87. The summed E-state index contributed by atoms with van der Waals surface area (Å²) in [6.45, 7) is 1.91. The molecule has 2 heterocycles. The van der Waals surface area contributed by atoms with E-state index in [0.717, 1.165) is 25.9 Å². The standard InChI is InChI=1S/C8H12N6/c9-4-7(8-11-13-14-12-8)6-2-1-3-10-5-6/h6-7,10H,1-3,5H2,(H,11,12,13,14). The van der Waals surface area contributed by atoms with E-state index in [1.807, 2.05) is 0 Å². The van der Waals surface area contributed by atoms with Gasteiger partial charge < -0.3 is 5.32 Å². The zero-order valence-corrected chi connectivity index (χ0v) is 7.77. The van der Waals surface area contributed by atoms with Crippen LogP contribution < -0.4 is 5.32 Å². The highest BCUT2D eigenvalue weighted by Gasteiger charge is 2.27. The lowest BCUT2D eigenvalue weighted by molar-refractivity contribution is 0.348. The van der Waals surface area contributed by atoms with Crippen molar-refractivity contribution in [2.75, 3.05) is 13.1 Å². The monoisotopic (exact) mass is 192 g/mol. The van der Waals surface area contributed by atoms with Crippen molar-refractivity contribution < 1.29 is 0 Å². The number of H-pyrrole nitrogens is 1. The highest BCUT2D eigenvalue weighted by molar-refractivity contribution is 5.08. The van der Waals surface area contributed by atoms with E-state index in [1.165, 1.54) is 0 Å². The summed E-state index contributed by atoms with van der Waals surface area (Å²) in [6, 6.07) is 2.25. The first kappa shape index (κ1) is 9.09. The smallest absolute Gasteiger partial charge is 0.191 e. The molecule has 1 aliphatic rings. The number of hydrogen-bond acceptors (Lipinski definition) is 5. The van der Waals surface area contributed by atoms with Gasteiger partial charge in [0.1, 0.15) is 5.92 Å². The van der Waals surface area contributed by atoms with Crippen molar-refractivity contribution in [2.24, 2.45) is 5.92 Å². The summed E-state index contributed by atoms with van der Waals surface area (Å²) >= 11 is 0. The van der Waals surface area contributed by atoms with Crippen LogP contribution in [0.2, 0.25) is 0 Å². The maximum absolute atomic E-state index is 9.05. The third kappa shape index (κ3) is 1.72. The minimum Gasteiger partial charge on any atom is -0.316 e. The largest absolute Gasteiger partial charge is 0.316 e. The quantitative estimate of drug-likeness (QED) is 0.677. The predicted molar refractivity (Wildman–Crippen MR) is 48.1 cm³/mol. The second-order valence-corrected chi connectivity index (χ2v) is 3.48. The predicted octanol–water partition coefficient (Wildman–Crippen LogP) is -0.194. The third-order valence-electron chi connectivity index (χ3n) is 2.59. The summed E-state index contributed by atoms with van der Waals surface area (Å²) in [7, 11) is 0. The minimum atomic E-state index is -0.235. The molecule has 2 atom stereocenters. The molecule has 1 aromatic rings. The summed E-state index contributed by atoms with van der Waals surface area (Å²) < 4.78 is 0. The van der Waals surface area contributed by atoms with Gasteiger partial charge >= 0.3 is 0 Å².